The first kappa shape index (κ1) is 19.1. The predicted molar refractivity (Wildman–Crippen MR) is 114 cm³/mol. The van der Waals surface area contributed by atoms with Gasteiger partial charge in [-0.3, -0.25) is 4.79 Å². The van der Waals surface area contributed by atoms with E-state index in [1.165, 1.54) is 11.3 Å². The number of nitrogens with zero attached hydrogens (tertiary/aromatic N) is 4. The van der Waals surface area contributed by atoms with Crippen molar-refractivity contribution >= 4 is 27.9 Å². The molecule has 4 rings (SSSR count). The van der Waals surface area contributed by atoms with Crippen LogP contribution in [0.15, 0.2) is 48.5 Å². The second-order valence-electron chi connectivity index (χ2n) is 6.71. The van der Waals surface area contributed by atoms with E-state index in [1.807, 2.05) is 50.2 Å². The van der Waals surface area contributed by atoms with Crippen LogP contribution in [0, 0.1) is 6.92 Å². The van der Waals surface area contributed by atoms with Crippen LogP contribution < -0.4 is 10.1 Å². The molecule has 1 atom stereocenters. The Morgan fingerprint density at radius 2 is 2.03 bits per heavy atom. The zero-order chi connectivity index (χ0) is 20.4. The quantitative estimate of drug-likeness (QED) is 0.505. The Labute approximate surface area is 172 Å². The molecule has 0 unspecified atom stereocenters. The van der Waals surface area contributed by atoms with Gasteiger partial charge in [-0.25, -0.2) is 0 Å². The molecular weight excluding hydrogens is 386 g/mol. The SMILES string of the molecule is CC[C@@H](C)Oc1cccc(C(=O)Nc2ccccc2-c2nn3c(C)nnc3s2)c1. The van der Waals surface area contributed by atoms with E-state index in [0.717, 1.165) is 22.8 Å². The van der Waals surface area contributed by atoms with Crippen LogP contribution in [-0.4, -0.2) is 31.8 Å². The fraction of sp³-hybridized carbons (Fsp3) is 0.238. The highest BCUT2D eigenvalue weighted by Gasteiger charge is 2.16. The summed E-state index contributed by atoms with van der Waals surface area (Å²) in [6.45, 7) is 5.92. The van der Waals surface area contributed by atoms with E-state index in [0.29, 0.717) is 22.0 Å². The van der Waals surface area contributed by atoms with Crippen LogP contribution in [0.5, 0.6) is 5.75 Å². The molecule has 0 aliphatic carbocycles. The van der Waals surface area contributed by atoms with E-state index >= 15 is 0 Å². The van der Waals surface area contributed by atoms with Crippen molar-refractivity contribution in [3.63, 3.8) is 0 Å². The summed E-state index contributed by atoms with van der Waals surface area (Å²) in [4.78, 5) is 13.6. The highest BCUT2D eigenvalue weighted by molar-refractivity contribution is 7.19. The summed E-state index contributed by atoms with van der Waals surface area (Å²) in [5.74, 6) is 1.21. The van der Waals surface area contributed by atoms with Gasteiger partial charge < -0.3 is 10.1 Å². The molecule has 0 aliphatic rings. The molecule has 4 aromatic rings. The number of nitrogens with one attached hydrogen (secondary N) is 1. The van der Waals surface area contributed by atoms with E-state index in [-0.39, 0.29) is 12.0 Å². The molecule has 0 radical (unpaired) electrons. The first-order valence-corrected chi connectivity index (χ1v) is 10.2. The lowest BCUT2D eigenvalue weighted by atomic mass is 10.1. The number of anilines is 1. The van der Waals surface area contributed by atoms with Crippen molar-refractivity contribution in [2.24, 2.45) is 0 Å². The number of carbonyl (C=O) groups is 1. The number of fused-ring (bicyclic) bond motifs is 1. The molecule has 0 spiro atoms. The molecular formula is C21H21N5O2S. The van der Waals surface area contributed by atoms with Gasteiger partial charge in [-0.15, -0.1) is 10.2 Å². The minimum Gasteiger partial charge on any atom is -0.491 e. The van der Waals surface area contributed by atoms with Gasteiger partial charge in [-0.05, 0) is 50.6 Å². The van der Waals surface area contributed by atoms with Crippen LogP contribution in [0.1, 0.15) is 36.5 Å². The maximum atomic E-state index is 12.9. The Balaban J connectivity index is 1.60. The Morgan fingerprint density at radius 1 is 1.21 bits per heavy atom. The van der Waals surface area contributed by atoms with Gasteiger partial charge in [0.1, 0.15) is 10.8 Å². The molecule has 2 aromatic heterocycles. The number of hydrogen-bond donors (Lipinski definition) is 1. The van der Waals surface area contributed by atoms with Crippen molar-refractivity contribution in [1.29, 1.82) is 0 Å². The predicted octanol–water partition coefficient (Wildman–Crippen LogP) is 4.59. The van der Waals surface area contributed by atoms with Crippen LogP contribution >= 0.6 is 11.3 Å². The normalized spacial score (nSPS) is 12.1. The van der Waals surface area contributed by atoms with Gasteiger partial charge in [0.15, 0.2) is 5.82 Å². The van der Waals surface area contributed by atoms with E-state index < -0.39 is 0 Å². The van der Waals surface area contributed by atoms with Crippen molar-refractivity contribution in [2.75, 3.05) is 5.32 Å². The largest absolute Gasteiger partial charge is 0.491 e. The van der Waals surface area contributed by atoms with E-state index in [1.54, 1.807) is 16.6 Å². The fourth-order valence-electron chi connectivity index (χ4n) is 2.82. The van der Waals surface area contributed by atoms with Crippen LogP contribution in [0.2, 0.25) is 0 Å². The summed E-state index contributed by atoms with van der Waals surface area (Å²) in [5, 5.41) is 16.5. The van der Waals surface area contributed by atoms with Crippen LogP contribution in [0.25, 0.3) is 15.5 Å². The molecule has 29 heavy (non-hydrogen) atoms. The lowest BCUT2D eigenvalue weighted by Crippen LogP contribution is -2.14. The van der Waals surface area contributed by atoms with E-state index in [2.05, 4.69) is 27.5 Å². The molecule has 0 bridgehead atoms. The third kappa shape index (κ3) is 3.97. The van der Waals surface area contributed by atoms with Gasteiger partial charge in [0.05, 0.1) is 11.8 Å². The number of benzene rings is 2. The summed E-state index contributed by atoms with van der Waals surface area (Å²) in [6, 6.07) is 14.8. The highest BCUT2D eigenvalue weighted by Crippen LogP contribution is 2.31. The third-order valence-electron chi connectivity index (χ3n) is 4.56. The minimum absolute atomic E-state index is 0.0933. The minimum atomic E-state index is -0.203. The Morgan fingerprint density at radius 3 is 2.83 bits per heavy atom. The summed E-state index contributed by atoms with van der Waals surface area (Å²) in [5.41, 5.74) is 2.06. The van der Waals surface area contributed by atoms with Crippen molar-refractivity contribution in [1.82, 2.24) is 19.8 Å². The second-order valence-corrected chi connectivity index (χ2v) is 7.67. The summed E-state index contributed by atoms with van der Waals surface area (Å²) in [7, 11) is 0. The number of ether oxygens (including phenoxy) is 1. The number of aromatic nitrogens is 4. The second kappa shape index (κ2) is 8.00. The van der Waals surface area contributed by atoms with Crippen molar-refractivity contribution < 1.29 is 9.53 Å². The molecule has 0 saturated carbocycles. The Kier molecular flexibility index (Phi) is 5.26. The maximum absolute atomic E-state index is 12.9. The lowest BCUT2D eigenvalue weighted by Gasteiger charge is -2.14. The number of hydrogen-bond acceptors (Lipinski definition) is 6. The standard InChI is InChI=1S/C21H21N5O2S/c1-4-13(2)28-16-9-7-8-15(12-16)19(27)22-18-11-6-5-10-17(18)20-25-26-14(3)23-24-21(26)29-20/h5-13H,4H2,1-3H3,(H,22,27)/t13-/m1/s1. The van der Waals surface area contributed by atoms with Gasteiger partial charge in [0, 0.05) is 11.1 Å². The Hall–Kier alpha value is -3.26. The molecule has 0 saturated heterocycles. The monoisotopic (exact) mass is 407 g/mol. The zero-order valence-corrected chi connectivity index (χ0v) is 17.2. The van der Waals surface area contributed by atoms with Crippen LogP contribution in [-0.2, 0) is 0 Å². The zero-order valence-electron chi connectivity index (χ0n) is 16.4. The van der Waals surface area contributed by atoms with Gasteiger partial charge in [-0.1, -0.05) is 36.5 Å². The fourth-order valence-corrected chi connectivity index (χ4v) is 3.75. The molecule has 1 amide bonds. The van der Waals surface area contributed by atoms with Crippen molar-refractivity contribution in [2.45, 2.75) is 33.3 Å². The number of para-hydroxylation sites is 1. The average molecular weight is 407 g/mol. The molecule has 7 nitrogen and oxygen atoms in total. The number of aryl methyl sites for hydroxylation is 1. The van der Waals surface area contributed by atoms with E-state index in [9.17, 15) is 4.79 Å². The Bertz CT molecular complexity index is 1170. The topological polar surface area (TPSA) is 81.4 Å². The van der Waals surface area contributed by atoms with Crippen molar-refractivity contribution in [3.8, 4) is 16.3 Å². The first-order valence-electron chi connectivity index (χ1n) is 9.41. The number of carbonyl (C=O) groups excluding carboxylic acids is 1. The smallest absolute Gasteiger partial charge is 0.255 e. The third-order valence-corrected chi connectivity index (χ3v) is 5.49. The molecule has 0 fully saturated rings. The van der Waals surface area contributed by atoms with E-state index in [4.69, 9.17) is 4.74 Å². The molecule has 0 aliphatic heterocycles. The highest BCUT2D eigenvalue weighted by atomic mass is 32.1. The summed E-state index contributed by atoms with van der Waals surface area (Å²) < 4.78 is 7.53. The van der Waals surface area contributed by atoms with Gasteiger partial charge in [0.2, 0.25) is 4.96 Å². The first-order chi connectivity index (χ1) is 14.0. The molecule has 2 heterocycles. The summed E-state index contributed by atoms with van der Waals surface area (Å²) in [6.07, 6.45) is 0.992. The number of amides is 1. The van der Waals surface area contributed by atoms with Gasteiger partial charge in [0.25, 0.3) is 5.91 Å². The van der Waals surface area contributed by atoms with Crippen LogP contribution in [0.3, 0.4) is 0 Å². The average Bonchev–Trinajstić information content (AvgIpc) is 3.30. The molecule has 8 heteroatoms. The van der Waals surface area contributed by atoms with Gasteiger partial charge >= 0.3 is 0 Å². The molecule has 148 valence electrons. The number of rotatable bonds is 6. The van der Waals surface area contributed by atoms with Crippen molar-refractivity contribution in [3.05, 3.63) is 59.9 Å². The van der Waals surface area contributed by atoms with Gasteiger partial charge in [-0.2, -0.15) is 9.61 Å². The van der Waals surface area contributed by atoms with Crippen LogP contribution in [0.4, 0.5) is 5.69 Å². The molecule has 2 aromatic carbocycles. The lowest BCUT2D eigenvalue weighted by molar-refractivity contribution is 0.102. The molecule has 1 N–H and O–H groups in total. The maximum Gasteiger partial charge on any atom is 0.255 e. The summed E-state index contributed by atoms with van der Waals surface area (Å²) >= 11 is 1.43.